The zero-order chi connectivity index (χ0) is 17.1. The molecule has 0 N–H and O–H groups in total. The van der Waals surface area contributed by atoms with E-state index in [1.54, 1.807) is 0 Å². The Bertz CT molecular complexity index is 633. The predicted octanol–water partition coefficient (Wildman–Crippen LogP) is 2.81. The Hall–Kier alpha value is -1.46. The number of hydrogen-bond donors (Lipinski definition) is 0. The summed E-state index contributed by atoms with van der Waals surface area (Å²) in [6.07, 6.45) is 6.59. The Morgan fingerprint density at radius 3 is 2.58 bits per heavy atom. The summed E-state index contributed by atoms with van der Waals surface area (Å²) in [5, 5.41) is 0. The Morgan fingerprint density at radius 1 is 1.25 bits per heavy atom. The van der Waals surface area contributed by atoms with Gasteiger partial charge in [-0.1, -0.05) is 40.2 Å². The second-order valence-corrected chi connectivity index (χ2v) is 7.57. The first kappa shape index (κ1) is 17.4. The number of halogens is 1. The Balaban J connectivity index is 1.68. The monoisotopic (exact) mass is 390 g/mol. The van der Waals surface area contributed by atoms with E-state index in [0.717, 1.165) is 29.5 Å². The van der Waals surface area contributed by atoms with Crippen LogP contribution in [0.2, 0.25) is 0 Å². The standard InChI is InChI=1S/C19H23BrN2O2/c1-21(19(24)12-14-4-6-15(20)7-5-14)17-9-8-16(23)13-18(17)22-10-2-3-11-22/h2-7,17-18H,8-13H2,1H3. The number of Topliss-reactive ketones (excluding diaryl/α,β-unsaturated/α-hetero) is 1. The van der Waals surface area contributed by atoms with Crippen LogP contribution in [0.4, 0.5) is 0 Å². The van der Waals surface area contributed by atoms with E-state index < -0.39 is 0 Å². The number of likely N-dealkylation sites (N-methyl/N-ethyl adjacent to an activating group) is 1. The van der Waals surface area contributed by atoms with Gasteiger partial charge in [0.15, 0.2) is 0 Å². The van der Waals surface area contributed by atoms with Crippen molar-refractivity contribution in [3.05, 3.63) is 46.5 Å². The lowest BCUT2D eigenvalue weighted by Gasteiger charge is -2.42. The molecule has 2 aliphatic rings. The maximum atomic E-state index is 12.7. The fourth-order valence-corrected chi connectivity index (χ4v) is 3.91. The fraction of sp³-hybridized carbons (Fsp3) is 0.474. The van der Waals surface area contributed by atoms with Crippen LogP contribution in [0.25, 0.3) is 0 Å². The third-order valence-electron chi connectivity index (χ3n) is 5.07. The first-order valence-corrected chi connectivity index (χ1v) is 9.25. The summed E-state index contributed by atoms with van der Waals surface area (Å²) in [5.74, 6) is 0.436. The van der Waals surface area contributed by atoms with E-state index in [4.69, 9.17) is 0 Å². The summed E-state index contributed by atoms with van der Waals surface area (Å²) in [4.78, 5) is 28.9. The van der Waals surface area contributed by atoms with E-state index >= 15 is 0 Å². The summed E-state index contributed by atoms with van der Waals surface area (Å²) >= 11 is 3.42. The molecule has 2 unspecified atom stereocenters. The molecule has 128 valence electrons. The normalized spacial score (nSPS) is 24.3. The van der Waals surface area contributed by atoms with Crippen molar-refractivity contribution in [2.45, 2.75) is 37.8 Å². The minimum Gasteiger partial charge on any atom is -0.341 e. The highest BCUT2D eigenvalue weighted by atomic mass is 79.9. The Kier molecular flexibility index (Phi) is 5.51. The van der Waals surface area contributed by atoms with Crippen molar-refractivity contribution in [1.29, 1.82) is 0 Å². The second-order valence-electron chi connectivity index (χ2n) is 6.65. The highest BCUT2D eigenvalue weighted by Gasteiger charge is 2.37. The summed E-state index contributed by atoms with van der Waals surface area (Å²) in [6.45, 7) is 1.76. The van der Waals surface area contributed by atoms with Crippen LogP contribution in [0.15, 0.2) is 40.9 Å². The molecule has 1 aromatic carbocycles. The van der Waals surface area contributed by atoms with Crippen molar-refractivity contribution in [3.8, 4) is 0 Å². The molecule has 0 saturated heterocycles. The summed E-state index contributed by atoms with van der Waals surface area (Å²) in [6, 6.07) is 8.12. The largest absolute Gasteiger partial charge is 0.341 e. The van der Waals surface area contributed by atoms with E-state index in [1.807, 2.05) is 36.2 Å². The van der Waals surface area contributed by atoms with Crippen LogP contribution in [0, 0.1) is 0 Å². The van der Waals surface area contributed by atoms with Crippen LogP contribution in [0.3, 0.4) is 0 Å². The Morgan fingerprint density at radius 2 is 1.92 bits per heavy atom. The smallest absolute Gasteiger partial charge is 0.227 e. The molecule has 0 bridgehead atoms. The van der Waals surface area contributed by atoms with Crippen molar-refractivity contribution in [3.63, 3.8) is 0 Å². The van der Waals surface area contributed by atoms with Crippen LogP contribution in [0.5, 0.6) is 0 Å². The molecule has 1 aliphatic carbocycles. The van der Waals surface area contributed by atoms with E-state index in [9.17, 15) is 9.59 Å². The molecule has 4 nitrogen and oxygen atoms in total. The van der Waals surface area contributed by atoms with Crippen molar-refractivity contribution >= 4 is 27.6 Å². The SMILES string of the molecule is CN(C(=O)Cc1ccc(Br)cc1)C1CCC(=O)CC1N1CC=CC1. The average molecular weight is 391 g/mol. The molecule has 1 heterocycles. The molecule has 5 heteroatoms. The maximum absolute atomic E-state index is 12.7. The first-order valence-electron chi connectivity index (χ1n) is 8.45. The molecule has 3 rings (SSSR count). The molecule has 1 aliphatic heterocycles. The number of ketones is 1. The van der Waals surface area contributed by atoms with Crippen LogP contribution in [-0.2, 0) is 16.0 Å². The quantitative estimate of drug-likeness (QED) is 0.742. The van der Waals surface area contributed by atoms with Gasteiger partial charge >= 0.3 is 0 Å². The highest BCUT2D eigenvalue weighted by Crippen LogP contribution is 2.26. The number of carbonyl (C=O) groups excluding carboxylic acids is 2. The van der Waals surface area contributed by atoms with E-state index in [1.165, 1.54) is 0 Å². The molecular weight excluding hydrogens is 368 g/mol. The number of hydrogen-bond acceptors (Lipinski definition) is 3. The van der Waals surface area contributed by atoms with E-state index in [-0.39, 0.29) is 18.0 Å². The van der Waals surface area contributed by atoms with Gasteiger partial charge in [0.25, 0.3) is 0 Å². The zero-order valence-electron chi connectivity index (χ0n) is 14.0. The fourth-order valence-electron chi connectivity index (χ4n) is 3.65. The molecule has 0 spiro atoms. The number of benzene rings is 1. The molecule has 1 saturated carbocycles. The molecule has 1 amide bonds. The molecule has 0 aromatic heterocycles. The van der Waals surface area contributed by atoms with Gasteiger partial charge in [-0.05, 0) is 24.1 Å². The number of rotatable bonds is 4. The van der Waals surface area contributed by atoms with Gasteiger partial charge in [0.1, 0.15) is 5.78 Å². The molecule has 0 radical (unpaired) electrons. The van der Waals surface area contributed by atoms with Gasteiger partial charge in [-0.25, -0.2) is 0 Å². The predicted molar refractivity (Wildman–Crippen MR) is 97.8 cm³/mol. The molecule has 1 fully saturated rings. The van der Waals surface area contributed by atoms with Gasteiger partial charge < -0.3 is 4.90 Å². The van der Waals surface area contributed by atoms with Crippen molar-refractivity contribution < 1.29 is 9.59 Å². The van der Waals surface area contributed by atoms with Gasteiger partial charge in [0.2, 0.25) is 5.91 Å². The van der Waals surface area contributed by atoms with Crippen LogP contribution in [-0.4, -0.2) is 53.7 Å². The van der Waals surface area contributed by atoms with Crippen molar-refractivity contribution in [2.75, 3.05) is 20.1 Å². The topological polar surface area (TPSA) is 40.6 Å². The van der Waals surface area contributed by atoms with Gasteiger partial charge in [0, 0.05) is 49.5 Å². The summed E-state index contributed by atoms with van der Waals surface area (Å²) in [5.41, 5.74) is 1.02. The molecule has 2 atom stereocenters. The summed E-state index contributed by atoms with van der Waals surface area (Å²) in [7, 11) is 1.89. The number of nitrogens with zero attached hydrogens (tertiary/aromatic N) is 2. The van der Waals surface area contributed by atoms with E-state index in [0.29, 0.717) is 25.0 Å². The van der Waals surface area contributed by atoms with Crippen LogP contribution < -0.4 is 0 Å². The van der Waals surface area contributed by atoms with Gasteiger partial charge in [-0.3, -0.25) is 14.5 Å². The zero-order valence-corrected chi connectivity index (χ0v) is 15.5. The lowest BCUT2D eigenvalue weighted by atomic mass is 9.87. The average Bonchev–Trinajstić information content (AvgIpc) is 3.10. The second kappa shape index (κ2) is 7.62. The van der Waals surface area contributed by atoms with Gasteiger partial charge in [-0.15, -0.1) is 0 Å². The molecule has 24 heavy (non-hydrogen) atoms. The number of amides is 1. The highest BCUT2D eigenvalue weighted by molar-refractivity contribution is 9.10. The summed E-state index contributed by atoms with van der Waals surface area (Å²) < 4.78 is 1.01. The first-order chi connectivity index (χ1) is 11.5. The van der Waals surface area contributed by atoms with Gasteiger partial charge in [0.05, 0.1) is 6.42 Å². The van der Waals surface area contributed by atoms with Gasteiger partial charge in [-0.2, -0.15) is 0 Å². The third kappa shape index (κ3) is 3.95. The van der Waals surface area contributed by atoms with Crippen molar-refractivity contribution in [1.82, 2.24) is 9.80 Å². The van der Waals surface area contributed by atoms with E-state index in [2.05, 4.69) is 33.0 Å². The Labute approximate surface area is 151 Å². The lowest BCUT2D eigenvalue weighted by Crippen LogP contribution is -2.55. The number of carbonyl (C=O) groups is 2. The van der Waals surface area contributed by atoms with Crippen LogP contribution in [0.1, 0.15) is 24.8 Å². The molecule has 1 aromatic rings. The van der Waals surface area contributed by atoms with Crippen molar-refractivity contribution in [2.24, 2.45) is 0 Å². The molecular formula is C19H23BrN2O2. The maximum Gasteiger partial charge on any atom is 0.227 e. The minimum absolute atomic E-state index is 0.116. The lowest BCUT2D eigenvalue weighted by molar-refractivity contribution is -0.136. The third-order valence-corrected chi connectivity index (χ3v) is 5.60. The van der Waals surface area contributed by atoms with Crippen LogP contribution >= 0.6 is 15.9 Å². The minimum atomic E-state index is 0.116.